The van der Waals surface area contributed by atoms with E-state index in [0.717, 1.165) is 6.92 Å². The number of amides is 12. The number of nitrogens with zero attached hydrogens (tertiary/aromatic N) is 3. The number of aliphatic imine (C=N–C) groups is 1. The number of phenolic OH excluding ortho intramolecular Hbond substituents is 1. The second-order valence-electron chi connectivity index (χ2n) is 24.2. The van der Waals surface area contributed by atoms with Gasteiger partial charge in [-0.3, -0.25) is 52.9 Å². The number of carbonyl (C=O) groups excluding carboxylic acids is 11. The van der Waals surface area contributed by atoms with Crippen LogP contribution in [-0.2, 0) is 71.9 Å². The molecule has 0 radical (unpaired) electrons. The average Bonchev–Trinajstić information content (AvgIpc) is 1.76. The Morgan fingerprint density at radius 3 is 1.91 bits per heavy atom. The molecule has 21 N–H and O–H groups in total. The molecule has 6 rings (SSSR count). The number of imidazole rings is 1. The highest BCUT2D eigenvalue weighted by Crippen LogP contribution is 2.23. The van der Waals surface area contributed by atoms with E-state index in [1.54, 1.807) is 65.1 Å². The van der Waals surface area contributed by atoms with E-state index in [9.17, 15) is 63.0 Å². The van der Waals surface area contributed by atoms with E-state index in [4.69, 9.17) is 31.8 Å². The highest BCUT2D eigenvalue weighted by Gasteiger charge is 2.41. The Morgan fingerprint density at radius 1 is 0.737 bits per heavy atom. The number of ether oxygens (including phenoxy) is 1. The molecule has 2 unspecified atom stereocenters. The predicted octanol–water partition coefficient (Wildman–Crippen LogP) is -2.38. The van der Waals surface area contributed by atoms with Gasteiger partial charge in [0.2, 0.25) is 47.3 Å². The summed E-state index contributed by atoms with van der Waals surface area (Å²) in [5, 5.41) is 50.2. The van der Waals surface area contributed by atoms with Crippen LogP contribution in [0.5, 0.6) is 5.75 Å². The Hall–Kier alpha value is -10.4. The third-order valence-corrected chi connectivity index (χ3v) is 14.9. The molecule has 12 amide bonds. The predicted molar refractivity (Wildman–Crippen MR) is 342 cm³/mol. The van der Waals surface area contributed by atoms with Crippen molar-refractivity contribution in [1.29, 1.82) is 0 Å². The number of carboxylic acid groups (broad SMARTS) is 1. The zero-order chi connectivity index (χ0) is 70.1. The molecule has 34 heteroatoms. The number of aromatic nitrogens is 3. The van der Waals surface area contributed by atoms with Crippen LogP contribution >= 0.6 is 0 Å². The van der Waals surface area contributed by atoms with Crippen molar-refractivity contribution in [3.05, 3.63) is 84.1 Å². The SMILES string of the molecule is CC(=O)O.CC(C)C[C@H](NC(=O)[C@@H](COC(C)(C)C)NC(=O)[C@H](Cc1ccc(O)cc1)NC(=O)[C@H](CO)NC(=O)[C@H](Cc1c[nH]c2ccccc12)NC(=O)[C@H](Cc1cnc[nH]1)NC(=O)[C@@H]1CCC(=O)N1)C(=O)NC(CCCN=C(N)N)C(=O)C1CCCN1C(=O)NNC(N)=O. The van der Waals surface area contributed by atoms with E-state index in [1.165, 1.54) is 41.7 Å². The van der Waals surface area contributed by atoms with Gasteiger partial charge in [0, 0.05) is 74.7 Å². The van der Waals surface area contributed by atoms with Gasteiger partial charge in [-0.15, -0.1) is 0 Å². The quantitative estimate of drug-likeness (QED) is 0.0108. The number of carboxylic acids is 1. The van der Waals surface area contributed by atoms with Crippen LogP contribution in [0.3, 0.4) is 0 Å². The van der Waals surface area contributed by atoms with Crippen molar-refractivity contribution in [2.45, 2.75) is 166 Å². The van der Waals surface area contributed by atoms with Crippen LogP contribution in [0.4, 0.5) is 9.59 Å². The van der Waals surface area contributed by atoms with E-state index in [-0.39, 0.29) is 94.4 Å². The van der Waals surface area contributed by atoms with Crippen molar-refractivity contribution in [1.82, 2.24) is 73.2 Å². The summed E-state index contributed by atoms with van der Waals surface area (Å²) in [4.78, 5) is 176. The van der Waals surface area contributed by atoms with Crippen LogP contribution < -0.4 is 70.6 Å². The minimum absolute atomic E-state index is 0.00772. The van der Waals surface area contributed by atoms with Crippen LogP contribution in [0, 0.1) is 5.92 Å². The fraction of sp³-hybridized carbons (Fsp3) is 0.508. The number of ketones is 1. The summed E-state index contributed by atoms with van der Waals surface area (Å²) in [5.41, 5.74) is 21.5. The van der Waals surface area contributed by atoms with Crippen molar-refractivity contribution in [2.75, 3.05) is 26.3 Å². The average molecular weight is 1330 g/mol. The molecule has 4 heterocycles. The lowest BCUT2D eigenvalue weighted by atomic mass is 9.97. The first-order chi connectivity index (χ1) is 44.9. The van der Waals surface area contributed by atoms with Gasteiger partial charge in [-0.1, -0.05) is 44.2 Å². The number of aliphatic hydroxyl groups is 1. The number of nitrogens with one attached hydrogen (secondary N) is 12. The highest BCUT2D eigenvalue weighted by atomic mass is 16.5. The molecule has 4 aromatic rings. The standard InChI is InChI=1S/C59H84N18O14.C2H4O2/c1-31(2)22-40(50(83)68-38(12-8-20-64-56(60)61)48(81)46-13-9-21-77(46)58(90)76-75-57(62)89)69-55(88)45(29-91-59(3,4)5)74-51(84)41(23-32-14-16-35(79)17-15-32)70-54(87)44(28-78)73-52(85)42(24-33-26-65-37-11-7-6-10-36(33)37)71-53(86)43(25-34-27-63-30-66-34)72-49(82)39-18-19-47(80)67-39;1-2(3)4/h6-7,10-11,14-17,26-27,30-31,38-46,65,78-79H,8-9,12-13,18-25,28-29H2,1-5H3,(H,63,66)(H,67,80)(H,68,83)(H,69,88)(H,70,87)(H,71,86)(H,72,82)(H,73,85)(H,74,84)(H,76,90)(H4,60,61,64)(H3,62,75,89);1H3,(H,3,4)/t38?,39-,40-,41-,42-,43-,44-,45+,46?;/m0./s1. The fourth-order valence-corrected chi connectivity index (χ4v) is 10.3. The van der Waals surface area contributed by atoms with E-state index in [1.807, 2.05) is 5.43 Å². The zero-order valence-electron chi connectivity index (χ0n) is 53.7. The summed E-state index contributed by atoms with van der Waals surface area (Å²) in [6.07, 6.45) is 4.93. The molecule has 2 aromatic carbocycles. The molecule has 95 heavy (non-hydrogen) atoms. The number of para-hydroxylation sites is 1. The third-order valence-electron chi connectivity index (χ3n) is 14.9. The first kappa shape index (κ1) is 75.3. The largest absolute Gasteiger partial charge is 0.508 e. The van der Waals surface area contributed by atoms with Gasteiger partial charge >= 0.3 is 12.1 Å². The van der Waals surface area contributed by atoms with Crippen LogP contribution in [0.15, 0.2) is 72.2 Å². The minimum Gasteiger partial charge on any atom is -0.508 e. The van der Waals surface area contributed by atoms with Gasteiger partial charge in [0.1, 0.15) is 48.0 Å². The lowest BCUT2D eigenvalue weighted by molar-refractivity contribution is -0.137. The number of fused-ring (bicyclic) bond motifs is 1. The number of rotatable bonds is 31. The molecule has 9 atom stereocenters. The number of hydrogen-bond acceptors (Lipinski definition) is 17. The molecule has 0 saturated carbocycles. The van der Waals surface area contributed by atoms with Crippen LogP contribution in [0.1, 0.15) is 103 Å². The van der Waals surface area contributed by atoms with Gasteiger partial charge < -0.3 is 94.7 Å². The molecule has 0 bridgehead atoms. The van der Waals surface area contributed by atoms with E-state index < -0.39 is 138 Å². The lowest BCUT2D eigenvalue weighted by Crippen LogP contribution is -2.62. The first-order valence-electron chi connectivity index (χ1n) is 30.8. The summed E-state index contributed by atoms with van der Waals surface area (Å²) < 4.78 is 6.03. The summed E-state index contributed by atoms with van der Waals surface area (Å²) in [6.45, 7) is 8.38. The number of hydrogen-bond donors (Lipinski definition) is 18. The number of primary amides is 1. The fourth-order valence-electron chi connectivity index (χ4n) is 10.3. The molecule has 518 valence electrons. The number of guanidine groups is 1. The molecule has 0 aliphatic carbocycles. The van der Waals surface area contributed by atoms with Crippen molar-refractivity contribution >= 4 is 87.9 Å². The van der Waals surface area contributed by atoms with Gasteiger partial charge in [0.15, 0.2) is 11.7 Å². The van der Waals surface area contributed by atoms with Gasteiger partial charge in [-0.05, 0) is 94.5 Å². The number of aliphatic carboxylic acids is 1. The van der Waals surface area contributed by atoms with Gasteiger partial charge in [-0.25, -0.2) is 25.4 Å². The van der Waals surface area contributed by atoms with E-state index >= 15 is 0 Å². The van der Waals surface area contributed by atoms with Crippen molar-refractivity contribution in [3.63, 3.8) is 0 Å². The Labute approximate surface area is 546 Å². The normalized spacial score (nSPS) is 16.5. The lowest BCUT2D eigenvalue weighted by Gasteiger charge is -2.30. The third kappa shape index (κ3) is 24.9. The molecular weight excluding hydrogens is 1240 g/mol. The summed E-state index contributed by atoms with van der Waals surface area (Å²) in [5.74, 6) is -8.58. The number of aromatic amines is 2. The van der Waals surface area contributed by atoms with E-state index in [0.29, 0.717) is 34.1 Å². The second kappa shape index (κ2) is 36.2. The zero-order valence-corrected chi connectivity index (χ0v) is 53.7. The van der Waals surface area contributed by atoms with Crippen molar-refractivity contribution in [2.24, 2.45) is 28.1 Å². The topological polar surface area (TPSA) is 533 Å². The number of urea groups is 2. The van der Waals surface area contributed by atoms with Crippen LogP contribution in [-0.4, -0.2) is 198 Å². The molecule has 2 fully saturated rings. The molecule has 2 saturated heterocycles. The number of benzene rings is 2. The Bertz CT molecular complexity index is 3340. The highest BCUT2D eigenvalue weighted by molar-refractivity contribution is 6.00. The number of aromatic hydroxyl groups is 1. The number of phenols is 1. The Morgan fingerprint density at radius 2 is 1.32 bits per heavy atom. The number of aliphatic hydroxyl groups excluding tert-OH is 1. The maximum Gasteiger partial charge on any atom is 0.336 e. The molecular formula is C61H88N18O16. The van der Waals surface area contributed by atoms with E-state index in [2.05, 4.69) is 67.9 Å². The number of nitrogens with two attached hydrogens (primary N) is 3. The smallest absolute Gasteiger partial charge is 0.336 e. The molecule has 2 aromatic heterocycles. The summed E-state index contributed by atoms with van der Waals surface area (Å²) in [6, 6.07) is -1.51. The monoisotopic (exact) mass is 1330 g/mol. The minimum atomic E-state index is -1.80. The van der Waals surface area contributed by atoms with Gasteiger partial charge in [0.25, 0.3) is 5.97 Å². The number of hydrazine groups is 1. The van der Waals surface area contributed by atoms with Crippen LogP contribution in [0.25, 0.3) is 10.9 Å². The van der Waals surface area contributed by atoms with Crippen LogP contribution in [0.2, 0.25) is 0 Å². The number of carbonyl (C=O) groups is 12. The molecule has 2 aliphatic heterocycles. The number of H-pyrrole nitrogens is 2. The second-order valence-corrected chi connectivity index (χ2v) is 24.2. The Balaban J connectivity index is 0.00000397. The summed E-state index contributed by atoms with van der Waals surface area (Å²) in [7, 11) is 0. The first-order valence-corrected chi connectivity index (χ1v) is 30.8. The maximum absolute atomic E-state index is 14.8. The summed E-state index contributed by atoms with van der Waals surface area (Å²) >= 11 is 0. The van der Waals surface area contributed by atoms with Gasteiger partial charge in [-0.2, -0.15) is 0 Å². The Kier molecular flexibility index (Phi) is 28.7. The van der Waals surface area contributed by atoms with Crippen molar-refractivity contribution in [3.8, 4) is 5.75 Å². The molecule has 34 nitrogen and oxygen atoms in total. The molecule has 0 spiro atoms. The maximum atomic E-state index is 14.8. The molecule has 2 aliphatic rings. The van der Waals surface area contributed by atoms with Crippen molar-refractivity contribution < 1.29 is 77.6 Å². The van der Waals surface area contributed by atoms with Gasteiger partial charge in [0.05, 0.1) is 37.2 Å². The number of likely N-dealkylation sites (tertiary alicyclic amines) is 1. The number of Topliss-reactive ketones (excluding diaryl/α,β-unsaturated/α-hetero) is 1.